The Morgan fingerprint density at radius 3 is 2.58 bits per heavy atom. The molecule has 3 rings (SSSR count). The molecule has 0 aromatic heterocycles. The Kier molecular flexibility index (Phi) is 5.17. The third kappa shape index (κ3) is 3.83. The van der Waals surface area contributed by atoms with Crippen LogP contribution in [0, 0.1) is 0 Å². The number of carbonyl (C=O) groups excluding carboxylic acids is 3. The van der Waals surface area contributed by atoms with E-state index in [1.165, 1.54) is 12.1 Å². The molecule has 1 aliphatic rings. The van der Waals surface area contributed by atoms with E-state index in [9.17, 15) is 19.5 Å². The summed E-state index contributed by atoms with van der Waals surface area (Å²) >= 11 is 0. The smallest absolute Gasteiger partial charge is 0.342 e. The first-order valence-corrected chi connectivity index (χ1v) is 8.20. The van der Waals surface area contributed by atoms with Gasteiger partial charge in [0, 0.05) is 13.0 Å². The predicted octanol–water partition coefficient (Wildman–Crippen LogP) is 2.31. The van der Waals surface area contributed by atoms with E-state index in [1.54, 1.807) is 41.3 Å². The van der Waals surface area contributed by atoms with Gasteiger partial charge < -0.3 is 20.1 Å². The second-order valence-corrected chi connectivity index (χ2v) is 5.81. The normalized spacial score (nSPS) is 13.5. The number of anilines is 2. The highest BCUT2D eigenvalue weighted by Crippen LogP contribution is 2.29. The number of aromatic hydroxyl groups is 1. The van der Waals surface area contributed by atoms with Crippen molar-refractivity contribution in [3.8, 4) is 5.75 Å². The monoisotopic (exact) mass is 354 g/mol. The van der Waals surface area contributed by atoms with Gasteiger partial charge in [-0.3, -0.25) is 9.59 Å². The number of phenols is 1. The van der Waals surface area contributed by atoms with Crippen molar-refractivity contribution in [1.29, 1.82) is 0 Å². The van der Waals surface area contributed by atoms with Gasteiger partial charge in [-0.05, 0) is 30.7 Å². The third-order valence-corrected chi connectivity index (χ3v) is 4.00. The van der Waals surface area contributed by atoms with Crippen LogP contribution in [-0.2, 0) is 14.3 Å². The Balaban J connectivity index is 1.63. The highest BCUT2D eigenvalue weighted by Gasteiger charge is 2.24. The minimum atomic E-state index is -0.791. The first kappa shape index (κ1) is 17.5. The van der Waals surface area contributed by atoms with Crippen molar-refractivity contribution in [2.45, 2.75) is 12.8 Å². The first-order valence-electron chi connectivity index (χ1n) is 8.20. The Morgan fingerprint density at radius 2 is 1.85 bits per heavy atom. The zero-order valence-corrected chi connectivity index (χ0v) is 14.0. The lowest BCUT2D eigenvalue weighted by Gasteiger charge is -2.19. The van der Waals surface area contributed by atoms with Crippen LogP contribution in [0.3, 0.4) is 0 Å². The molecule has 2 amide bonds. The van der Waals surface area contributed by atoms with Gasteiger partial charge >= 0.3 is 5.97 Å². The van der Waals surface area contributed by atoms with Crippen LogP contribution in [0.15, 0.2) is 48.5 Å². The van der Waals surface area contributed by atoms with Gasteiger partial charge in [-0.1, -0.05) is 24.3 Å². The fraction of sp³-hybridized carbons (Fsp3) is 0.211. The van der Waals surface area contributed by atoms with Gasteiger partial charge in [0.25, 0.3) is 5.91 Å². The topological polar surface area (TPSA) is 95.9 Å². The number of phenolic OH excluding ortho intramolecular Hbond substituents is 1. The number of hydrogen-bond donors (Lipinski definition) is 2. The predicted molar refractivity (Wildman–Crippen MR) is 95.0 cm³/mol. The molecule has 1 aliphatic heterocycles. The highest BCUT2D eigenvalue weighted by atomic mass is 16.5. The molecular weight excluding hydrogens is 336 g/mol. The SMILES string of the molecule is O=C(COC(=O)c1ccccc1O)Nc1ccccc1N1CCCC1=O. The largest absolute Gasteiger partial charge is 0.507 e. The van der Waals surface area contributed by atoms with Crippen molar-refractivity contribution in [1.82, 2.24) is 0 Å². The molecule has 7 heteroatoms. The molecular formula is C19H18N2O5. The Morgan fingerprint density at radius 1 is 1.12 bits per heavy atom. The van der Waals surface area contributed by atoms with Gasteiger partial charge in [-0.2, -0.15) is 0 Å². The number of benzene rings is 2. The van der Waals surface area contributed by atoms with Crippen molar-refractivity contribution in [3.05, 3.63) is 54.1 Å². The second kappa shape index (κ2) is 7.69. The molecule has 2 aromatic carbocycles. The van der Waals surface area contributed by atoms with E-state index in [2.05, 4.69) is 5.32 Å². The van der Waals surface area contributed by atoms with E-state index in [0.717, 1.165) is 6.42 Å². The van der Waals surface area contributed by atoms with Crippen molar-refractivity contribution >= 4 is 29.2 Å². The molecule has 1 fully saturated rings. The maximum absolute atomic E-state index is 12.1. The molecule has 0 aliphatic carbocycles. The average molecular weight is 354 g/mol. The number of para-hydroxylation sites is 3. The van der Waals surface area contributed by atoms with Crippen LogP contribution in [0.4, 0.5) is 11.4 Å². The van der Waals surface area contributed by atoms with Gasteiger partial charge in [0.15, 0.2) is 6.61 Å². The van der Waals surface area contributed by atoms with E-state index in [-0.39, 0.29) is 17.2 Å². The Hall–Kier alpha value is -3.35. The Bertz CT molecular complexity index is 849. The maximum Gasteiger partial charge on any atom is 0.342 e. The summed E-state index contributed by atoms with van der Waals surface area (Å²) in [6.45, 7) is 0.101. The summed E-state index contributed by atoms with van der Waals surface area (Å²) < 4.78 is 4.94. The number of esters is 1. The number of carbonyl (C=O) groups is 3. The maximum atomic E-state index is 12.1. The number of amides is 2. The minimum absolute atomic E-state index is 0.0108. The van der Waals surface area contributed by atoms with Crippen molar-refractivity contribution in [2.24, 2.45) is 0 Å². The van der Waals surface area contributed by atoms with E-state index < -0.39 is 18.5 Å². The van der Waals surface area contributed by atoms with E-state index in [0.29, 0.717) is 24.3 Å². The minimum Gasteiger partial charge on any atom is -0.507 e. The molecule has 1 saturated heterocycles. The summed E-state index contributed by atoms with van der Waals surface area (Å²) in [4.78, 5) is 37.6. The van der Waals surface area contributed by atoms with Gasteiger partial charge in [0.05, 0.1) is 11.4 Å². The number of rotatable bonds is 5. The number of nitrogens with one attached hydrogen (secondary N) is 1. The van der Waals surface area contributed by atoms with Crippen LogP contribution in [0.5, 0.6) is 5.75 Å². The van der Waals surface area contributed by atoms with Gasteiger partial charge in [-0.25, -0.2) is 4.79 Å². The molecule has 2 aromatic rings. The molecule has 0 atom stereocenters. The summed E-state index contributed by atoms with van der Waals surface area (Å²) in [7, 11) is 0. The van der Waals surface area contributed by atoms with Crippen LogP contribution in [0.25, 0.3) is 0 Å². The zero-order valence-electron chi connectivity index (χ0n) is 14.0. The fourth-order valence-electron chi connectivity index (χ4n) is 2.76. The van der Waals surface area contributed by atoms with Gasteiger partial charge in [-0.15, -0.1) is 0 Å². The van der Waals surface area contributed by atoms with Crippen molar-refractivity contribution < 1.29 is 24.2 Å². The summed E-state index contributed by atoms with van der Waals surface area (Å²) in [5.41, 5.74) is 1.09. The van der Waals surface area contributed by atoms with Crippen LogP contribution >= 0.6 is 0 Å². The van der Waals surface area contributed by atoms with E-state index >= 15 is 0 Å². The van der Waals surface area contributed by atoms with Crippen molar-refractivity contribution in [3.63, 3.8) is 0 Å². The number of hydrogen-bond acceptors (Lipinski definition) is 5. The van der Waals surface area contributed by atoms with Crippen LogP contribution in [0.1, 0.15) is 23.2 Å². The molecule has 0 unspecified atom stereocenters. The fourth-order valence-corrected chi connectivity index (χ4v) is 2.76. The molecule has 2 N–H and O–H groups in total. The van der Waals surface area contributed by atoms with Crippen molar-refractivity contribution in [2.75, 3.05) is 23.4 Å². The highest BCUT2D eigenvalue weighted by molar-refractivity contribution is 6.03. The number of nitrogens with zero attached hydrogens (tertiary/aromatic N) is 1. The quantitative estimate of drug-likeness (QED) is 0.804. The zero-order chi connectivity index (χ0) is 18.5. The molecule has 134 valence electrons. The summed E-state index contributed by atoms with van der Waals surface area (Å²) in [6.07, 6.45) is 1.26. The molecule has 1 heterocycles. The van der Waals surface area contributed by atoms with E-state index in [1.807, 2.05) is 0 Å². The second-order valence-electron chi connectivity index (χ2n) is 5.81. The summed E-state index contributed by atoms with van der Waals surface area (Å²) in [6, 6.07) is 12.9. The molecule has 0 radical (unpaired) electrons. The molecule has 0 bridgehead atoms. The lowest BCUT2D eigenvalue weighted by molar-refractivity contribution is -0.119. The molecule has 7 nitrogen and oxygen atoms in total. The Labute approximate surface area is 150 Å². The standard InChI is InChI=1S/C19H18N2O5/c22-16-9-4-1-6-13(16)19(25)26-12-17(23)20-14-7-2-3-8-15(14)21-11-5-10-18(21)24/h1-4,6-9,22H,5,10-12H2,(H,20,23). The lowest BCUT2D eigenvalue weighted by Crippen LogP contribution is -2.27. The van der Waals surface area contributed by atoms with Crippen LogP contribution in [-0.4, -0.2) is 36.0 Å². The summed E-state index contributed by atoms with van der Waals surface area (Å²) in [5.74, 6) is -1.53. The molecule has 0 saturated carbocycles. The third-order valence-electron chi connectivity index (χ3n) is 4.00. The van der Waals surface area contributed by atoms with E-state index in [4.69, 9.17) is 4.74 Å². The van der Waals surface area contributed by atoms with Crippen LogP contribution in [0.2, 0.25) is 0 Å². The molecule has 26 heavy (non-hydrogen) atoms. The first-order chi connectivity index (χ1) is 12.6. The van der Waals surface area contributed by atoms with Gasteiger partial charge in [0.1, 0.15) is 11.3 Å². The average Bonchev–Trinajstić information content (AvgIpc) is 3.06. The van der Waals surface area contributed by atoms with Gasteiger partial charge in [0.2, 0.25) is 5.91 Å². The summed E-state index contributed by atoms with van der Waals surface area (Å²) in [5, 5.41) is 12.3. The van der Waals surface area contributed by atoms with Crippen LogP contribution < -0.4 is 10.2 Å². The lowest BCUT2D eigenvalue weighted by atomic mass is 10.2. The molecule has 0 spiro atoms. The number of ether oxygens (including phenoxy) is 1.